The molecule has 21 heavy (non-hydrogen) atoms. The van der Waals surface area contributed by atoms with Crippen molar-refractivity contribution < 1.29 is 0 Å². The summed E-state index contributed by atoms with van der Waals surface area (Å²) in [6.07, 6.45) is 8.59. The molecule has 0 amide bonds. The van der Waals surface area contributed by atoms with E-state index in [1.165, 1.54) is 24.8 Å². The minimum Gasteiger partial charge on any atom is -0.314 e. The molecule has 2 rings (SSSR count). The first-order valence-corrected chi connectivity index (χ1v) is 8.61. The first-order chi connectivity index (χ1) is 9.91. The van der Waals surface area contributed by atoms with Crippen LogP contribution in [0.1, 0.15) is 52.5 Å². The van der Waals surface area contributed by atoms with E-state index in [0.717, 1.165) is 23.9 Å². The van der Waals surface area contributed by atoms with Crippen LogP contribution in [0.4, 0.5) is 0 Å². The molecule has 1 fully saturated rings. The highest BCUT2D eigenvalue weighted by Gasteiger charge is 2.35. The van der Waals surface area contributed by atoms with Crippen LogP contribution in [0.5, 0.6) is 0 Å². The second-order valence-corrected chi connectivity index (χ2v) is 7.88. The van der Waals surface area contributed by atoms with Gasteiger partial charge in [-0.15, -0.1) is 0 Å². The molecule has 1 aromatic heterocycles. The molecule has 1 heterocycles. The van der Waals surface area contributed by atoms with Crippen LogP contribution in [0.25, 0.3) is 0 Å². The van der Waals surface area contributed by atoms with Gasteiger partial charge in [-0.25, -0.2) is 0 Å². The Morgan fingerprint density at radius 2 is 2.10 bits per heavy atom. The predicted molar refractivity (Wildman–Crippen MR) is 90.7 cm³/mol. The van der Waals surface area contributed by atoms with Gasteiger partial charge in [0.25, 0.3) is 0 Å². The highest BCUT2D eigenvalue weighted by molar-refractivity contribution is 6.31. The lowest BCUT2D eigenvalue weighted by Gasteiger charge is -2.42. The van der Waals surface area contributed by atoms with E-state index in [-0.39, 0.29) is 0 Å². The zero-order chi connectivity index (χ0) is 15.5. The molecule has 1 aromatic rings. The van der Waals surface area contributed by atoms with E-state index < -0.39 is 0 Å². The van der Waals surface area contributed by atoms with Crippen molar-refractivity contribution in [2.45, 2.75) is 59.4 Å². The molecule has 0 bridgehead atoms. The zero-order valence-corrected chi connectivity index (χ0v) is 14.6. The Kier molecular flexibility index (Phi) is 5.67. The summed E-state index contributed by atoms with van der Waals surface area (Å²) in [6, 6.07) is 2.70. The third kappa shape index (κ3) is 4.43. The Labute approximate surface area is 134 Å². The van der Waals surface area contributed by atoms with Crippen molar-refractivity contribution >= 4 is 11.6 Å². The summed E-state index contributed by atoms with van der Waals surface area (Å²) in [4.78, 5) is 4.10. The average Bonchev–Trinajstić information content (AvgIpc) is 2.42. The Morgan fingerprint density at radius 3 is 2.71 bits per heavy atom. The summed E-state index contributed by atoms with van der Waals surface area (Å²) < 4.78 is 0. The second-order valence-electron chi connectivity index (χ2n) is 7.47. The topological polar surface area (TPSA) is 24.9 Å². The quantitative estimate of drug-likeness (QED) is 0.870. The molecule has 0 saturated heterocycles. The molecule has 0 aliphatic heterocycles. The van der Waals surface area contributed by atoms with Crippen molar-refractivity contribution in [3.63, 3.8) is 0 Å². The summed E-state index contributed by atoms with van der Waals surface area (Å²) in [5.41, 5.74) is 1.64. The fourth-order valence-corrected chi connectivity index (χ4v) is 3.86. The van der Waals surface area contributed by atoms with Gasteiger partial charge in [0.15, 0.2) is 0 Å². The Morgan fingerprint density at radius 1 is 1.33 bits per heavy atom. The lowest BCUT2D eigenvalue weighted by atomic mass is 9.66. The highest BCUT2D eigenvalue weighted by atomic mass is 35.5. The van der Waals surface area contributed by atoms with Crippen molar-refractivity contribution in [2.75, 3.05) is 6.54 Å². The molecule has 1 aliphatic rings. The van der Waals surface area contributed by atoms with Crippen LogP contribution >= 0.6 is 11.6 Å². The molecule has 1 aliphatic carbocycles. The maximum absolute atomic E-state index is 6.31. The Bertz CT molecular complexity index is 453. The molecule has 1 saturated carbocycles. The van der Waals surface area contributed by atoms with Gasteiger partial charge >= 0.3 is 0 Å². The molecule has 3 atom stereocenters. The van der Waals surface area contributed by atoms with Gasteiger partial charge in [0.05, 0.1) is 5.02 Å². The van der Waals surface area contributed by atoms with E-state index >= 15 is 0 Å². The fourth-order valence-electron chi connectivity index (χ4n) is 3.66. The van der Waals surface area contributed by atoms with Gasteiger partial charge in [-0.05, 0) is 61.1 Å². The summed E-state index contributed by atoms with van der Waals surface area (Å²) in [5, 5.41) is 4.50. The Hall–Kier alpha value is -0.600. The van der Waals surface area contributed by atoms with E-state index in [4.69, 9.17) is 11.6 Å². The number of rotatable bonds is 4. The van der Waals surface area contributed by atoms with Crippen molar-refractivity contribution in [1.29, 1.82) is 0 Å². The number of nitrogens with one attached hydrogen (secondary N) is 1. The predicted octanol–water partition coefficient (Wildman–Crippen LogP) is 4.72. The van der Waals surface area contributed by atoms with Crippen LogP contribution < -0.4 is 5.32 Å². The van der Waals surface area contributed by atoms with Crippen LogP contribution in [0.15, 0.2) is 18.5 Å². The average molecular weight is 309 g/mol. The molecule has 3 heteroatoms. The summed E-state index contributed by atoms with van der Waals surface area (Å²) in [5.74, 6) is 1.47. The third-order valence-corrected chi connectivity index (χ3v) is 5.35. The lowest BCUT2D eigenvalue weighted by Crippen LogP contribution is -2.43. The van der Waals surface area contributed by atoms with Gasteiger partial charge in [0.1, 0.15) is 0 Å². The summed E-state index contributed by atoms with van der Waals surface area (Å²) >= 11 is 6.31. The molecular formula is C18H29ClN2. The molecule has 2 nitrogen and oxygen atoms in total. The van der Waals surface area contributed by atoms with Crippen LogP contribution in [0, 0.1) is 17.3 Å². The van der Waals surface area contributed by atoms with Gasteiger partial charge in [-0.2, -0.15) is 0 Å². The van der Waals surface area contributed by atoms with E-state index in [9.17, 15) is 0 Å². The number of aromatic nitrogens is 1. The number of pyridine rings is 1. The van der Waals surface area contributed by atoms with Gasteiger partial charge in [-0.3, -0.25) is 4.98 Å². The molecule has 3 unspecified atom stereocenters. The number of nitrogens with zero attached hydrogens (tertiary/aromatic N) is 1. The van der Waals surface area contributed by atoms with Crippen molar-refractivity contribution in [3.05, 3.63) is 29.0 Å². The monoisotopic (exact) mass is 308 g/mol. The van der Waals surface area contributed by atoms with Gasteiger partial charge in [0, 0.05) is 18.4 Å². The molecule has 1 N–H and O–H groups in total. The number of halogens is 1. The normalized spacial score (nSPS) is 26.8. The van der Waals surface area contributed by atoms with Crippen molar-refractivity contribution in [1.82, 2.24) is 10.3 Å². The van der Waals surface area contributed by atoms with Crippen molar-refractivity contribution in [2.24, 2.45) is 17.3 Å². The molecule has 118 valence electrons. The SMILES string of the molecule is CCNC1CCC(C(C)(C)C)CC1Cc1ccncc1Cl. The van der Waals surface area contributed by atoms with E-state index in [0.29, 0.717) is 17.4 Å². The third-order valence-electron chi connectivity index (χ3n) is 5.01. The van der Waals surface area contributed by atoms with Gasteiger partial charge in [0.2, 0.25) is 0 Å². The smallest absolute Gasteiger partial charge is 0.0621 e. The van der Waals surface area contributed by atoms with Crippen LogP contribution in [-0.2, 0) is 6.42 Å². The second kappa shape index (κ2) is 7.11. The highest BCUT2D eigenvalue weighted by Crippen LogP contribution is 2.41. The first-order valence-electron chi connectivity index (χ1n) is 8.23. The molecule has 0 spiro atoms. The van der Waals surface area contributed by atoms with Gasteiger partial charge < -0.3 is 5.32 Å². The largest absolute Gasteiger partial charge is 0.314 e. The summed E-state index contributed by atoms with van der Waals surface area (Å²) in [6.45, 7) is 10.4. The van der Waals surface area contributed by atoms with E-state index in [2.05, 4.69) is 44.1 Å². The van der Waals surface area contributed by atoms with Gasteiger partial charge in [-0.1, -0.05) is 39.3 Å². The first kappa shape index (κ1) is 16.8. The Balaban J connectivity index is 2.12. The zero-order valence-electron chi connectivity index (χ0n) is 13.8. The van der Waals surface area contributed by atoms with E-state index in [1.807, 2.05) is 6.20 Å². The molecule has 0 aromatic carbocycles. The minimum atomic E-state index is 0.400. The fraction of sp³-hybridized carbons (Fsp3) is 0.722. The molecular weight excluding hydrogens is 280 g/mol. The molecule has 0 radical (unpaired) electrons. The summed E-state index contributed by atoms with van der Waals surface area (Å²) in [7, 11) is 0. The number of hydrogen-bond donors (Lipinski definition) is 1. The maximum Gasteiger partial charge on any atom is 0.0621 e. The van der Waals surface area contributed by atoms with Crippen LogP contribution in [0.3, 0.4) is 0 Å². The standard InChI is InChI=1S/C18H29ClN2/c1-5-21-17-7-6-15(18(2,3)4)11-14(17)10-13-8-9-20-12-16(13)19/h8-9,12,14-15,17,21H,5-7,10-11H2,1-4H3. The number of hydrogen-bond acceptors (Lipinski definition) is 2. The van der Waals surface area contributed by atoms with Crippen LogP contribution in [0.2, 0.25) is 5.02 Å². The lowest BCUT2D eigenvalue weighted by molar-refractivity contribution is 0.114. The van der Waals surface area contributed by atoms with E-state index in [1.54, 1.807) is 6.20 Å². The minimum absolute atomic E-state index is 0.400. The van der Waals surface area contributed by atoms with Crippen molar-refractivity contribution in [3.8, 4) is 0 Å². The van der Waals surface area contributed by atoms with Crippen LogP contribution in [-0.4, -0.2) is 17.6 Å². The maximum atomic E-state index is 6.31.